The minimum absolute atomic E-state index is 0.732. The zero-order valence-electron chi connectivity index (χ0n) is 16.6. The second-order valence-corrected chi connectivity index (χ2v) is 7.46. The lowest BCUT2D eigenvalue weighted by molar-refractivity contribution is 0.239. The molecule has 2 aromatic carbocycles. The average Bonchev–Trinajstić information content (AvgIpc) is 2.79. The lowest BCUT2D eigenvalue weighted by Gasteiger charge is -2.21. The van der Waals surface area contributed by atoms with Gasteiger partial charge in [0.2, 0.25) is 0 Å². The quantitative estimate of drug-likeness (QED) is 0.390. The van der Waals surface area contributed by atoms with Crippen molar-refractivity contribution < 1.29 is 0 Å². The highest BCUT2D eigenvalue weighted by molar-refractivity contribution is 5.79. The standard InChI is InChI=1S/C26H22N4/c1-3-10-25-20(7-1)12-14-23(28-25)18-30(17-22-9-5-6-16-27-22)19-24-15-13-21-8-2-4-11-26(21)29-24/h1-16H,17-19H2. The molecule has 4 nitrogen and oxygen atoms in total. The fraction of sp³-hybridized carbons (Fsp3) is 0.115. The Morgan fingerprint density at radius 3 is 1.60 bits per heavy atom. The third kappa shape index (κ3) is 4.19. The Bertz CT molecular complexity index is 1200. The van der Waals surface area contributed by atoms with Gasteiger partial charge in [-0.15, -0.1) is 0 Å². The van der Waals surface area contributed by atoms with Gasteiger partial charge in [-0.3, -0.25) is 19.9 Å². The summed E-state index contributed by atoms with van der Waals surface area (Å²) in [6.45, 7) is 2.20. The number of pyridine rings is 3. The third-order valence-corrected chi connectivity index (χ3v) is 5.20. The first-order valence-corrected chi connectivity index (χ1v) is 10.2. The van der Waals surface area contributed by atoms with Crippen LogP contribution in [0, 0.1) is 0 Å². The van der Waals surface area contributed by atoms with Crippen molar-refractivity contribution in [2.24, 2.45) is 0 Å². The number of benzene rings is 2. The van der Waals surface area contributed by atoms with E-state index in [2.05, 4.69) is 64.5 Å². The van der Waals surface area contributed by atoms with Crippen LogP contribution in [-0.2, 0) is 19.6 Å². The molecule has 0 aliphatic carbocycles. The van der Waals surface area contributed by atoms with Crippen molar-refractivity contribution in [1.82, 2.24) is 19.9 Å². The molecule has 0 radical (unpaired) electrons. The first kappa shape index (κ1) is 18.4. The monoisotopic (exact) mass is 390 g/mol. The van der Waals surface area contributed by atoms with Crippen molar-refractivity contribution in [2.45, 2.75) is 19.6 Å². The van der Waals surface area contributed by atoms with Crippen LogP contribution in [0.1, 0.15) is 17.1 Å². The fourth-order valence-corrected chi connectivity index (χ4v) is 3.74. The Balaban J connectivity index is 1.43. The van der Waals surface area contributed by atoms with Gasteiger partial charge < -0.3 is 0 Å². The second kappa shape index (κ2) is 8.39. The summed E-state index contributed by atoms with van der Waals surface area (Å²) in [7, 11) is 0. The molecule has 0 bridgehead atoms. The van der Waals surface area contributed by atoms with E-state index in [0.717, 1.165) is 58.5 Å². The summed E-state index contributed by atoms with van der Waals surface area (Å²) in [5.74, 6) is 0. The molecule has 0 saturated carbocycles. The zero-order valence-corrected chi connectivity index (χ0v) is 16.6. The average molecular weight is 390 g/mol. The van der Waals surface area contributed by atoms with Gasteiger partial charge in [0, 0.05) is 36.6 Å². The number of nitrogens with zero attached hydrogens (tertiary/aromatic N) is 4. The maximum absolute atomic E-state index is 4.87. The van der Waals surface area contributed by atoms with E-state index in [4.69, 9.17) is 9.97 Å². The number of hydrogen-bond donors (Lipinski definition) is 0. The fourth-order valence-electron chi connectivity index (χ4n) is 3.74. The van der Waals surface area contributed by atoms with Crippen LogP contribution in [0.2, 0.25) is 0 Å². The largest absolute Gasteiger partial charge is 0.286 e. The lowest BCUT2D eigenvalue weighted by atomic mass is 10.2. The summed E-state index contributed by atoms with van der Waals surface area (Å²) >= 11 is 0. The summed E-state index contributed by atoms with van der Waals surface area (Å²) in [5, 5.41) is 2.32. The Morgan fingerprint density at radius 1 is 0.500 bits per heavy atom. The maximum Gasteiger partial charge on any atom is 0.0705 e. The topological polar surface area (TPSA) is 41.9 Å². The predicted molar refractivity (Wildman–Crippen MR) is 121 cm³/mol. The van der Waals surface area contributed by atoms with Crippen LogP contribution in [-0.4, -0.2) is 19.9 Å². The molecule has 0 spiro atoms. The highest BCUT2D eigenvalue weighted by Crippen LogP contribution is 2.17. The Labute approximate surface area is 175 Å². The SMILES string of the molecule is c1ccc(CN(Cc2ccc3ccccc3n2)Cc2ccc3ccccc3n2)nc1. The van der Waals surface area contributed by atoms with Gasteiger partial charge in [-0.2, -0.15) is 0 Å². The molecule has 0 saturated heterocycles. The molecule has 3 heterocycles. The lowest BCUT2D eigenvalue weighted by Crippen LogP contribution is -2.24. The molecule has 0 N–H and O–H groups in total. The first-order valence-electron chi connectivity index (χ1n) is 10.2. The van der Waals surface area contributed by atoms with Crippen LogP contribution in [0.3, 0.4) is 0 Å². The van der Waals surface area contributed by atoms with Gasteiger partial charge in [0.15, 0.2) is 0 Å². The van der Waals surface area contributed by atoms with E-state index in [9.17, 15) is 0 Å². The van der Waals surface area contributed by atoms with Crippen LogP contribution in [0.4, 0.5) is 0 Å². The minimum atomic E-state index is 0.732. The van der Waals surface area contributed by atoms with Crippen molar-refractivity contribution in [3.05, 3.63) is 114 Å². The van der Waals surface area contributed by atoms with Crippen LogP contribution < -0.4 is 0 Å². The third-order valence-electron chi connectivity index (χ3n) is 5.20. The molecule has 3 aromatic heterocycles. The highest BCUT2D eigenvalue weighted by Gasteiger charge is 2.12. The van der Waals surface area contributed by atoms with Crippen LogP contribution in [0.15, 0.2) is 97.2 Å². The number of rotatable bonds is 6. The van der Waals surface area contributed by atoms with E-state index >= 15 is 0 Å². The van der Waals surface area contributed by atoms with Crippen molar-refractivity contribution in [1.29, 1.82) is 0 Å². The van der Waals surface area contributed by atoms with Crippen molar-refractivity contribution >= 4 is 21.8 Å². The number of para-hydroxylation sites is 2. The van der Waals surface area contributed by atoms with E-state index < -0.39 is 0 Å². The van der Waals surface area contributed by atoms with Gasteiger partial charge in [-0.25, -0.2) is 0 Å². The smallest absolute Gasteiger partial charge is 0.0705 e. The minimum Gasteiger partial charge on any atom is -0.286 e. The van der Waals surface area contributed by atoms with Crippen molar-refractivity contribution in [3.63, 3.8) is 0 Å². The zero-order chi connectivity index (χ0) is 20.2. The summed E-state index contributed by atoms with van der Waals surface area (Å²) in [6.07, 6.45) is 1.84. The molecule has 30 heavy (non-hydrogen) atoms. The van der Waals surface area contributed by atoms with Crippen molar-refractivity contribution in [2.75, 3.05) is 0 Å². The first-order chi connectivity index (χ1) is 14.8. The van der Waals surface area contributed by atoms with E-state index in [0.29, 0.717) is 0 Å². The maximum atomic E-state index is 4.87. The van der Waals surface area contributed by atoms with Gasteiger partial charge in [-0.05, 0) is 36.4 Å². The molecular formula is C26H22N4. The molecule has 5 aromatic rings. The molecule has 5 rings (SSSR count). The molecule has 0 amide bonds. The number of fused-ring (bicyclic) bond motifs is 2. The molecule has 4 heteroatoms. The van der Waals surface area contributed by atoms with E-state index in [1.54, 1.807) is 0 Å². The molecule has 0 unspecified atom stereocenters. The summed E-state index contributed by atoms with van der Waals surface area (Å²) in [5.41, 5.74) is 5.18. The van der Waals surface area contributed by atoms with Gasteiger partial charge in [-0.1, -0.05) is 54.6 Å². The van der Waals surface area contributed by atoms with E-state index in [1.165, 1.54) is 0 Å². The van der Waals surface area contributed by atoms with Crippen molar-refractivity contribution in [3.8, 4) is 0 Å². The molecule has 0 atom stereocenters. The van der Waals surface area contributed by atoms with Crippen LogP contribution in [0.25, 0.3) is 21.8 Å². The number of hydrogen-bond acceptors (Lipinski definition) is 4. The molecule has 146 valence electrons. The molecule has 0 aliphatic rings. The van der Waals surface area contributed by atoms with Gasteiger partial charge >= 0.3 is 0 Å². The molecule has 0 fully saturated rings. The van der Waals surface area contributed by atoms with Crippen LogP contribution in [0.5, 0.6) is 0 Å². The normalized spacial score (nSPS) is 11.4. The highest BCUT2D eigenvalue weighted by atomic mass is 15.1. The van der Waals surface area contributed by atoms with Gasteiger partial charge in [0.1, 0.15) is 0 Å². The van der Waals surface area contributed by atoms with E-state index in [1.807, 2.05) is 42.6 Å². The predicted octanol–water partition coefficient (Wildman–Crippen LogP) is 5.38. The Hall–Kier alpha value is -3.63. The van der Waals surface area contributed by atoms with Gasteiger partial charge in [0.05, 0.1) is 28.1 Å². The molecular weight excluding hydrogens is 368 g/mol. The van der Waals surface area contributed by atoms with E-state index in [-0.39, 0.29) is 0 Å². The second-order valence-electron chi connectivity index (χ2n) is 7.46. The Kier molecular flexibility index (Phi) is 5.15. The summed E-state index contributed by atoms with van der Waals surface area (Å²) in [6, 6.07) is 31.0. The van der Waals surface area contributed by atoms with Crippen LogP contribution >= 0.6 is 0 Å². The van der Waals surface area contributed by atoms with Gasteiger partial charge in [0.25, 0.3) is 0 Å². The Morgan fingerprint density at radius 2 is 1.03 bits per heavy atom. The molecule has 0 aliphatic heterocycles. The number of aromatic nitrogens is 3. The summed E-state index contributed by atoms with van der Waals surface area (Å²) in [4.78, 5) is 16.6. The summed E-state index contributed by atoms with van der Waals surface area (Å²) < 4.78 is 0.